The van der Waals surface area contributed by atoms with E-state index in [1.807, 2.05) is 6.07 Å². The van der Waals surface area contributed by atoms with E-state index in [9.17, 15) is 14.0 Å². The number of benzene rings is 2. The van der Waals surface area contributed by atoms with Crippen LogP contribution in [0.15, 0.2) is 42.5 Å². The first-order chi connectivity index (χ1) is 11.0. The van der Waals surface area contributed by atoms with Crippen LogP contribution in [0.5, 0.6) is 0 Å². The fraction of sp³-hybridized carbons (Fsp3) is 0.176. The highest BCUT2D eigenvalue weighted by Crippen LogP contribution is 2.32. The second-order valence-corrected chi connectivity index (χ2v) is 5.82. The molecule has 1 aliphatic heterocycles. The summed E-state index contributed by atoms with van der Waals surface area (Å²) in [6, 6.07) is 11.2. The van der Waals surface area contributed by atoms with Crippen LogP contribution in [0.4, 0.5) is 10.1 Å². The minimum atomic E-state index is -0.626. The maximum atomic E-state index is 13.3. The van der Waals surface area contributed by atoms with Gasteiger partial charge < -0.3 is 10.6 Å². The van der Waals surface area contributed by atoms with E-state index in [4.69, 9.17) is 11.6 Å². The normalized spacial score (nSPS) is 16.4. The Balaban J connectivity index is 1.76. The lowest BCUT2D eigenvalue weighted by Gasteiger charge is -2.24. The topological polar surface area (TPSA) is 58.2 Å². The van der Waals surface area contributed by atoms with E-state index in [1.165, 1.54) is 18.2 Å². The summed E-state index contributed by atoms with van der Waals surface area (Å²) in [6.07, 6.45) is 0.0417. The third kappa shape index (κ3) is 3.51. The molecule has 0 aliphatic carbocycles. The SMILES string of the molecule is O=C1CC(C(=O)NCc2cccc(Cl)c2)c2ccc(F)cc2N1. The average molecular weight is 333 g/mol. The van der Waals surface area contributed by atoms with E-state index in [-0.39, 0.29) is 18.2 Å². The predicted octanol–water partition coefficient (Wildman–Crippen LogP) is 3.22. The molecule has 1 unspecified atom stereocenters. The number of carbonyl (C=O) groups is 2. The van der Waals surface area contributed by atoms with Gasteiger partial charge in [-0.15, -0.1) is 0 Å². The number of hydrogen-bond acceptors (Lipinski definition) is 2. The minimum Gasteiger partial charge on any atom is -0.351 e. The number of hydrogen-bond donors (Lipinski definition) is 2. The molecule has 2 aromatic rings. The molecule has 0 radical (unpaired) electrons. The zero-order chi connectivity index (χ0) is 16.4. The van der Waals surface area contributed by atoms with E-state index in [1.54, 1.807) is 18.2 Å². The molecule has 118 valence electrons. The van der Waals surface area contributed by atoms with E-state index in [0.29, 0.717) is 22.8 Å². The van der Waals surface area contributed by atoms with Gasteiger partial charge in [-0.1, -0.05) is 29.8 Å². The third-order valence-electron chi connectivity index (χ3n) is 3.73. The first kappa shape index (κ1) is 15.5. The van der Waals surface area contributed by atoms with Crippen LogP contribution in [0.3, 0.4) is 0 Å². The number of rotatable bonds is 3. The molecule has 2 N–H and O–H groups in total. The summed E-state index contributed by atoms with van der Waals surface area (Å²) in [4.78, 5) is 24.2. The van der Waals surface area contributed by atoms with Crippen LogP contribution in [0.25, 0.3) is 0 Å². The average Bonchev–Trinajstić information content (AvgIpc) is 2.51. The van der Waals surface area contributed by atoms with Gasteiger partial charge >= 0.3 is 0 Å². The Morgan fingerprint density at radius 1 is 1.30 bits per heavy atom. The van der Waals surface area contributed by atoms with Crippen molar-refractivity contribution in [2.24, 2.45) is 0 Å². The van der Waals surface area contributed by atoms with Crippen molar-refractivity contribution in [3.8, 4) is 0 Å². The third-order valence-corrected chi connectivity index (χ3v) is 3.96. The number of amides is 2. The van der Waals surface area contributed by atoms with Crippen molar-refractivity contribution in [3.63, 3.8) is 0 Å². The molecule has 1 heterocycles. The lowest BCUT2D eigenvalue weighted by molar-refractivity contribution is -0.126. The van der Waals surface area contributed by atoms with Crippen molar-refractivity contribution in [2.75, 3.05) is 5.32 Å². The van der Waals surface area contributed by atoms with Crippen molar-refractivity contribution in [3.05, 3.63) is 64.4 Å². The lowest BCUT2D eigenvalue weighted by Crippen LogP contribution is -2.34. The highest BCUT2D eigenvalue weighted by Gasteiger charge is 2.30. The highest BCUT2D eigenvalue weighted by atomic mass is 35.5. The summed E-state index contributed by atoms with van der Waals surface area (Å²) in [7, 11) is 0. The van der Waals surface area contributed by atoms with Crippen LogP contribution in [0.2, 0.25) is 5.02 Å². The molecule has 23 heavy (non-hydrogen) atoms. The summed E-state index contributed by atoms with van der Waals surface area (Å²) >= 11 is 5.91. The van der Waals surface area contributed by atoms with Crippen LogP contribution in [-0.2, 0) is 16.1 Å². The minimum absolute atomic E-state index is 0.0417. The fourth-order valence-corrected chi connectivity index (χ4v) is 2.84. The molecular weight excluding hydrogens is 319 g/mol. The Morgan fingerprint density at radius 2 is 2.13 bits per heavy atom. The Bertz CT molecular complexity index is 779. The summed E-state index contributed by atoms with van der Waals surface area (Å²) in [5.41, 5.74) is 1.84. The first-order valence-corrected chi connectivity index (χ1v) is 7.52. The Kier molecular flexibility index (Phi) is 4.30. The van der Waals surface area contributed by atoms with E-state index >= 15 is 0 Å². The highest BCUT2D eigenvalue weighted by molar-refractivity contribution is 6.30. The van der Waals surface area contributed by atoms with Gasteiger partial charge in [-0.05, 0) is 35.4 Å². The molecule has 3 rings (SSSR count). The number of carbonyl (C=O) groups excluding carboxylic acids is 2. The van der Waals surface area contributed by atoms with Crippen LogP contribution in [0, 0.1) is 5.82 Å². The van der Waals surface area contributed by atoms with Gasteiger partial charge in [-0.2, -0.15) is 0 Å². The number of nitrogens with one attached hydrogen (secondary N) is 2. The Hall–Kier alpha value is -2.40. The van der Waals surface area contributed by atoms with E-state index in [0.717, 1.165) is 5.56 Å². The van der Waals surface area contributed by atoms with Gasteiger partial charge in [0.1, 0.15) is 5.82 Å². The van der Waals surface area contributed by atoms with Gasteiger partial charge in [-0.3, -0.25) is 9.59 Å². The zero-order valence-corrected chi connectivity index (χ0v) is 12.9. The zero-order valence-electron chi connectivity index (χ0n) is 12.1. The van der Waals surface area contributed by atoms with Crippen LogP contribution < -0.4 is 10.6 Å². The number of fused-ring (bicyclic) bond motifs is 1. The van der Waals surface area contributed by atoms with Gasteiger partial charge in [-0.25, -0.2) is 4.39 Å². The smallest absolute Gasteiger partial charge is 0.228 e. The first-order valence-electron chi connectivity index (χ1n) is 7.14. The summed E-state index contributed by atoms with van der Waals surface area (Å²) in [5.74, 6) is -1.65. The lowest BCUT2D eigenvalue weighted by atomic mass is 9.89. The van der Waals surface area contributed by atoms with Gasteiger partial charge in [0.2, 0.25) is 11.8 Å². The Labute approximate surface area is 137 Å². The number of halogens is 2. The van der Waals surface area contributed by atoms with Crippen molar-refractivity contribution in [2.45, 2.75) is 18.9 Å². The van der Waals surface area contributed by atoms with E-state index < -0.39 is 11.7 Å². The summed E-state index contributed by atoms with van der Waals surface area (Å²) in [5, 5.41) is 5.98. The standard InChI is InChI=1S/C17H14ClFN2O2/c18-11-3-1-2-10(6-11)9-20-17(23)14-8-16(22)21-15-7-12(19)4-5-13(14)15/h1-7,14H,8-9H2,(H,20,23)(H,21,22). The van der Waals surface area contributed by atoms with Crippen LogP contribution in [0.1, 0.15) is 23.5 Å². The summed E-state index contributed by atoms with van der Waals surface area (Å²) in [6.45, 7) is 0.314. The molecule has 0 bridgehead atoms. The second-order valence-electron chi connectivity index (χ2n) is 5.38. The largest absolute Gasteiger partial charge is 0.351 e. The molecule has 0 spiro atoms. The number of anilines is 1. The molecule has 1 atom stereocenters. The molecule has 0 fully saturated rings. The molecule has 2 amide bonds. The second kappa shape index (κ2) is 6.38. The molecule has 6 heteroatoms. The van der Waals surface area contributed by atoms with Gasteiger partial charge in [0.05, 0.1) is 5.92 Å². The van der Waals surface area contributed by atoms with Gasteiger partial charge in [0.25, 0.3) is 0 Å². The van der Waals surface area contributed by atoms with Crippen LogP contribution >= 0.6 is 11.6 Å². The quantitative estimate of drug-likeness (QED) is 0.906. The van der Waals surface area contributed by atoms with Gasteiger partial charge in [0.15, 0.2) is 0 Å². The molecule has 0 aromatic heterocycles. The summed E-state index contributed by atoms with van der Waals surface area (Å²) < 4.78 is 13.3. The van der Waals surface area contributed by atoms with Crippen LogP contribution in [-0.4, -0.2) is 11.8 Å². The van der Waals surface area contributed by atoms with Crippen molar-refractivity contribution >= 4 is 29.1 Å². The van der Waals surface area contributed by atoms with Crippen molar-refractivity contribution < 1.29 is 14.0 Å². The fourth-order valence-electron chi connectivity index (χ4n) is 2.63. The molecule has 1 aliphatic rings. The molecule has 2 aromatic carbocycles. The molecule has 0 saturated carbocycles. The monoisotopic (exact) mass is 332 g/mol. The van der Waals surface area contributed by atoms with E-state index in [2.05, 4.69) is 10.6 Å². The maximum Gasteiger partial charge on any atom is 0.228 e. The Morgan fingerprint density at radius 3 is 2.91 bits per heavy atom. The predicted molar refractivity (Wildman–Crippen MR) is 85.7 cm³/mol. The molecule has 4 nitrogen and oxygen atoms in total. The maximum absolute atomic E-state index is 13.3. The molecule has 0 saturated heterocycles. The van der Waals surface area contributed by atoms with Crippen molar-refractivity contribution in [1.29, 1.82) is 0 Å². The molecular formula is C17H14ClFN2O2. The van der Waals surface area contributed by atoms with Gasteiger partial charge in [0, 0.05) is 23.7 Å². The van der Waals surface area contributed by atoms with Crippen molar-refractivity contribution in [1.82, 2.24) is 5.32 Å².